The Kier molecular flexibility index (Phi) is 5.13. The van der Waals surface area contributed by atoms with Crippen molar-refractivity contribution in [2.24, 2.45) is 0 Å². The summed E-state index contributed by atoms with van der Waals surface area (Å²) in [5.41, 5.74) is 2.52. The van der Waals surface area contributed by atoms with E-state index in [1.807, 2.05) is 6.07 Å². The van der Waals surface area contributed by atoms with Gasteiger partial charge < -0.3 is 10.1 Å². The van der Waals surface area contributed by atoms with Crippen LogP contribution in [0.3, 0.4) is 0 Å². The summed E-state index contributed by atoms with van der Waals surface area (Å²) >= 11 is 2.97. The highest BCUT2D eigenvalue weighted by Gasteiger charge is 2.17. The molecule has 0 radical (unpaired) electrons. The third-order valence-electron chi connectivity index (χ3n) is 3.94. The van der Waals surface area contributed by atoms with Gasteiger partial charge in [0.25, 0.3) is 5.91 Å². The Bertz CT molecular complexity index is 831. The van der Waals surface area contributed by atoms with Gasteiger partial charge in [0, 0.05) is 10.5 Å². The molecular weight excluding hydrogens is 396 g/mol. The molecule has 0 saturated heterocycles. The summed E-state index contributed by atoms with van der Waals surface area (Å²) in [6.45, 7) is -0.570. The molecule has 1 N–H and O–H groups in total. The lowest BCUT2D eigenvalue weighted by atomic mass is 10.1. The van der Waals surface area contributed by atoms with Gasteiger partial charge in [-0.2, -0.15) is 0 Å². The Morgan fingerprint density at radius 3 is 2.64 bits per heavy atom. The number of hydrogen-bond donors (Lipinski definition) is 1. The van der Waals surface area contributed by atoms with Crippen LogP contribution in [0, 0.1) is 11.6 Å². The number of amides is 1. The third kappa shape index (κ3) is 4.04. The van der Waals surface area contributed by atoms with E-state index >= 15 is 0 Å². The average Bonchev–Trinajstić information content (AvgIpc) is 3.03. The predicted molar refractivity (Wildman–Crippen MR) is 91.4 cm³/mol. The highest BCUT2D eigenvalue weighted by molar-refractivity contribution is 9.10. The normalized spacial score (nSPS) is 12.6. The number of anilines is 1. The van der Waals surface area contributed by atoms with E-state index in [9.17, 15) is 18.4 Å². The van der Waals surface area contributed by atoms with Crippen LogP contribution >= 0.6 is 15.9 Å². The smallest absolute Gasteiger partial charge is 0.338 e. The second kappa shape index (κ2) is 7.31. The Balaban J connectivity index is 1.60. The Morgan fingerprint density at radius 1 is 1.12 bits per heavy atom. The molecule has 130 valence electrons. The largest absolute Gasteiger partial charge is 0.452 e. The molecule has 0 aliphatic heterocycles. The number of carbonyl (C=O) groups is 2. The van der Waals surface area contributed by atoms with Gasteiger partial charge in [-0.3, -0.25) is 4.79 Å². The topological polar surface area (TPSA) is 55.4 Å². The number of ether oxygens (including phenoxy) is 1. The van der Waals surface area contributed by atoms with Crippen LogP contribution in [0.5, 0.6) is 0 Å². The maximum atomic E-state index is 13.7. The lowest BCUT2D eigenvalue weighted by Gasteiger charge is -2.10. The fourth-order valence-electron chi connectivity index (χ4n) is 2.75. The highest BCUT2D eigenvalue weighted by atomic mass is 79.9. The van der Waals surface area contributed by atoms with E-state index < -0.39 is 30.1 Å². The standard InChI is InChI=1S/C18H14BrF2NO3/c19-14-7-13(20)8-15(21)17(14)22-16(23)9-25-18(24)12-5-4-10-2-1-3-11(10)6-12/h4-8H,1-3,9H2,(H,22,23). The van der Waals surface area contributed by atoms with Crippen LogP contribution in [0.15, 0.2) is 34.8 Å². The van der Waals surface area contributed by atoms with Gasteiger partial charge in [0.15, 0.2) is 12.4 Å². The van der Waals surface area contributed by atoms with Gasteiger partial charge in [-0.25, -0.2) is 13.6 Å². The summed E-state index contributed by atoms with van der Waals surface area (Å²) in [4.78, 5) is 23.9. The number of hydrogen-bond acceptors (Lipinski definition) is 3. The van der Waals surface area contributed by atoms with Crippen molar-refractivity contribution in [3.63, 3.8) is 0 Å². The van der Waals surface area contributed by atoms with Crippen molar-refractivity contribution in [1.29, 1.82) is 0 Å². The number of rotatable bonds is 4. The minimum Gasteiger partial charge on any atom is -0.452 e. The Labute approximate surface area is 151 Å². The molecule has 0 saturated carbocycles. The first-order chi connectivity index (χ1) is 11.9. The van der Waals surface area contributed by atoms with E-state index in [4.69, 9.17) is 4.74 Å². The summed E-state index contributed by atoms with van der Waals surface area (Å²) in [5.74, 6) is -3.04. The first kappa shape index (κ1) is 17.5. The molecule has 0 unspecified atom stereocenters. The fraction of sp³-hybridized carbons (Fsp3) is 0.222. The van der Waals surface area contributed by atoms with Crippen molar-refractivity contribution in [2.45, 2.75) is 19.3 Å². The van der Waals surface area contributed by atoms with Gasteiger partial charge >= 0.3 is 5.97 Å². The van der Waals surface area contributed by atoms with E-state index in [1.165, 1.54) is 5.56 Å². The first-order valence-corrected chi connectivity index (χ1v) is 8.46. The van der Waals surface area contributed by atoms with Crippen molar-refractivity contribution in [3.8, 4) is 0 Å². The second-order valence-corrected chi connectivity index (χ2v) is 6.56. The summed E-state index contributed by atoms with van der Waals surface area (Å²) in [5, 5.41) is 2.25. The quantitative estimate of drug-likeness (QED) is 0.776. The van der Waals surface area contributed by atoms with Crippen LogP contribution < -0.4 is 5.32 Å². The molecule has 2 aromatic rings. The van der Waals surface area contributed by atoms with Crippen molar-refractivity contribution < 1.29 is 23.1 Å². The molecule has 2 aromatic carbocycles. The zero-order chi connectivity index (χ0) is 18.0. The fourth-order valence-corrected chi connectivity index (χ4v) is 3.26. The number of carbonyl (C=O) groups excluding carboxylic acids is 2. The van der Waals surface area contributed by atoms with Gasteiger partial charge in [-0.05, 0) is 64.5 Å². The van der Waals surface area contributed by atoms with Gasteiger partial charge in [0.1, 0.15) is 5.82 Å². The molecule has 1 amide bonds. The van der Waals surface area contributed by atoms with Crippen molar-refractivity contribution in [2.75, 3.05) is 11.9 Å². The number of benzene rings is 2. The van der Waals surface area contributed by atoms with Crippen LogP contribution in [0.1, 0.15) is 27.9 Å². The molecule has 0 heterocycles. The van der Waals surface area contributed by atoms with Gasteiger partial charge in [-0.1, -0.05) is 6.07 Å². The van der Waals surface area contributed by atoms with Crippen LogP contribution in [0.25, 0.3) is 0 Å². The van der Waals surface area contributed by atoms with E-state index in [2.05, 4.69) is 21.2 Å². The summed E-state index contributed by atoms with van der Waals surface area (Å²) in [6, 6.07) is 7.01. The zero-order valence-electron chi connectivity index (χ0n) is 13.1. The summed E-state index contributed by atoms with van der Waals surface area (Å²) in [7, 11) is 0. The summed E-state index contributed by atoms with van der Waals surface area (Å²) < 4.78 is 31.7. The van der Waals surface area contributed by atoms with Crippen molar-refractivity contribution in [3.05, 3.63) is 63.1 Å². The Morgan fingerprint density at radius 2 is 1.88 bits per heavy atom. The Hall–Kier alpha value is -2.28. The van der Waals surface area contributed by atoms with Crippen molar-refractivity contribution >= 4 is 33.5 Å². The first-order valence-electron chi connectivity index (χ1n) is 7.67. The molecule has 4 nitrogen and oxygen atoms in total. The number of fused-ring (bicyclic) bond motifs is 1. The minimum atomic E-state index is -0.926. The van der Waals surface area contributed by atoms with Crippen LogP contribution in [-0.4, -0.2) is 18.5 Å². The zero-order valence-corrected chi connectivity index (χ0v) is 14.7. The number of aryl methyl sites for hydroxylation is 2. The van der Waals surface area contributed by atoms with E-state index in [0.717, 1.165) is 30.9 Å². The molecule has 0 spiro atoms. The second-order valence-electron chi connectivity index (χ2n) is 5.71. The predicted octanol–water partition coefficient (Wildman–Crippen LogP) is 4.01. The minimum absolute atomic E-state index is 0.0586. The highest BCUT2D eigenvalue weighted by Crippen LogP contribution is 2.27. The van der Waals surface area contributed by atoms with E-state index in [1.54, 1.807) is 12.1 Å². The molecule has 1 aliphatic rings. The van der Waals surface area contributed by atoms with E-state index in [0.29, 0.717) is 11.6 Å². The third-order valence-corrected chi connectivity index (χ3v) is 4.57. The van der Waals surface area contributed by atoms with Crippen LogP contribution in [0.4, 0.5) is 14.5 Å². The van der Waals surface area contributed by atoms with Gasteiger partial charge in [0.05, 0.1) is 11.3 Å². The number of nitrogens with one attached hydrogen (secondary N) is 1. The molecule has 3 rings (SSSR count). The number of halogens is 3. The molecule has 0 atom stereocenters. The SMILES string of the molecule is O=C(COC(=O)c1ccc2c(c1)CCC2)Nc1c(F)cc(F)cc1Br. The van der Waals surface area contributed by atoms with Crippen molar-refractivity contribution in [1.82, 2.24) is 0 Å². The lowest BCUT2D eigenvalue weighted by molar-refractivity contribution is -0.119. The number of esters is 1. The molecule has 0 fully saturated rings. The van der Waals surface area contributed by atoms with E-state index in [-0.39, 0.29) is 10.2 Å². The molecule has 0 aromatic heterocycles. The molecule has 0 bridgehead atoms. The molecule has 1 aliphatic carbocycles. The van der Waals surface area contributed by atoms with Gasteiger partial charge in [-0.15, -0.1) is 0 Å². The average molecular weight is 410 g/mol. The maximum absolute atomic E-state index is 13.7. The lowest BCUT2D eigenvalue weighted by Crippen LogP contribution is -2.22. The van der Waals surface area contributed by atoms with Crippen LogP contribution in [0.2, 0.25) is 0 Å². The molecule has 7 heteroatoms. The maximum Gasteiger partial charge on any atom is 0.338 e. The summed E-state index contributed by atoms with van der Waals surface area (Å²) in [6.07, 6.45) is 2.99. The van der Waals surface area contributed by atoms with Crippen LogP contribution in [-0.2, 0) is 22.4 Å². The molecular formula is C18H14BrF2NO3. The monoisotopic (exact) mass is 409 g/mol. The molecule has 25 heavy (non-hydrogen) atoms. The van der Waals surface area contributed by atoms with Gasteiger partial charge in [0.2, 0.25) is 0 Å².